The van der Waals surface area contributed by atoms with E-state index >= 15 is 0 Å². The van der Waals surface area contributed by atoms with Gasteiger partial charge in [0.05, 0.1) is 11.6 Å². The van der Waals surface area contributed by atoms with Crippen LogP contribution in [0.4, 0.5) is 0 Å². The van der Waals surface area contributed by atoms with Crippen molar-refractivity contribution in [1.29, 1.82) is 0 Å². The average Bonchev–Trinajstić information content (AvgIpc) is 2.73. The average molecular weight is 444 g/mol. The minimum Gasteiger partial charge on any atom is -0.489 e. The lowest BCUT2D eigenvalue weighted by atomic mass is 10.0. The highest BCUT2D eigenvalue weighted by Gasteiger charge is 2.18. The number of carbonyl (C=O) groups is 2. The Kier molecular flexibility index (Phi) is 6.98. The van der Waals surface area contributed by atoms with Crippen molar-refractivity contribution in [3.05, 3.63) is 99.0 Å². The fourth-order valence-electron chi connectivity index (χ4n) is 2.88. The van der Waals surface area contributed by atoms with E-state index in [4.69, 9.17) is 33.0 Å². The molecule has 3 rings (SSSR count). The van der Waals surface area contributed by atoms with Gasteiger partial charge in [-0.3, -0.25) is 4.79 Å². The third kappa shape index (κ3) is 5.32. The van der Waals surface area contributed by atoms with Gasteiger partial charge in [0.25, 0.3) is 5.91 Å². The Balaban J connectivity index is 1.74. The third-order valence-electron chi connectivity index (χ3n) is 4.57. The molecule has 0 bridgehead atoms. The molecule has 1 atom stereocenters. The van der Waals surface area contributed by atoms with Crippen LogP contribution in [0.25, 0.3) is 0 Å². The van der Waals surface area contributed by atoms with Crippen molar-refractivity contribution < 1.29 is 19.4 Å². The van der Waals surface area contributed by atoms with Crippen LogP contribution in [0, 0.1) is 0 Å². The summed E-state index contributed by atoms with van der Waals surface area (Å²) >= 11 is 12.2. The monoisotopic (exact) mass is 443 g/mol. The summed E-state index contributed by atoms with van der Waals surface area (Å²) < 4.78 is 5.77. The van der Waals surface area contributed by atoms with E-state index in [9.17, 15) is 9.59 Å². The van der Waals surface area contributed by atoms with E-state index in [1.807, 2.05) is 6.92 Å². The molecule has 154 valence electrons. The van der Waals surface area contributed by atoms with Crippen LogP contribution in [0.2, 0.25) is 10.0 Å². The van der Waals surface area contributed by atoms with Crippen molar-refractivity contribution in [2.24, 2.45) is 0 Å². The summed E-state index contributed by atoms with van der Waals surface area (Å²) in [6.45, 7) is 1.94. The highest BCUT2D eigenvalue weighted by atomic mass is 35.5. The van der Waals surface area contributed by atoms with E-state index in [-0.39, 0.29) is 24.1 Å². The molecule has 0 aliphatic heterocycles. The normalized spacial score (nSPS) is 11.6. The lowest BCUT2D eigenvalue weighted by Gasteiger charge is -2.17. The number of nitrogens with one attached hydrogen (secondary N) is 1. The van der Waals surface area contributed by atoms with E-state index in [0.717, 1.165) is 5.56 Å². The third-order valence-corrected chi connectivity index (χ3v) is 5.17. The van der Waals surface area contributed by atoms with Crippen molar-refractivity contribution >= 4 is 35.1 Å². The van der Waals surface area contributed by atoms with E-state index in [0.29, 0.717) is 26.9 Å². The first-order chi connectivity index (χ1) is 14.3. The Morgan fingerprint density at radius 3 is 2.30 bits per heavy atom. The molecule has 1 amide bonds. The maximum Gasteiger partial charge on any atom is 0.335 e. The number of carboxylic acid groups (broad SMARTS) is 1. The van der Waals surface area contributed by atoms with Crippen molar-refractivity contribution in [3.63, 3.8) is 0 Å². The smallest absolute Gasteiger partial charge is 0.335 e. The molecule has 0 aliphatic carbocycles. The van der Waals surface area contributed by atoms with E-state index in [1.165, 1.54) is 12.1 Å². The topological polar surface area (TPSA) is 75.6 Å². The molecule has 0 aliphatic rings. The summed E-state index contributed by atoms with van der Waals surface area (Å²) in [6, 6.07) is 18.0. The molecule has 2 N–H and O–H groups in total. The summed E-state index contributed by atoms with van der Waals surface area (Å²) in [5.74, 6) is -0.693. The maximum absolute atomic E-state index is 12.9. The number of carbonyl (C=O) groups excluding carboxylic acids is 1. The van der Waals surface area contributed by atoms with Crippen LogP contribution in [-0.4, -0.2) is 17.0 Å². The Labute approximate surface area is 184 Å². The van der Waals surface area contributed by atoms with Crippen LogP contribution in [-0.2, 0) is 6.61 Å². The SMILES string of the molecule is C[C@H](NC(=O)c1cccc(Cl)c1COc1ccc(Cl)cc1)c1ccc(C(=O)O)cc1. The molecule has 0 fully saturated rings. The molecule has 7 heteroatoms. The van der Waals surface area contributed by atoms with Gasteiger partial charge in [0.1, 0.15) is 12.4 Å². The van der Waals surface area contributed by atoms with Gasteiger partial charge in [0.15, 0.2) is 0 Å². The fourth-order valence-corrected chi connectivity index (χ4v) is 3.23. The first-order valence-corrected chi connectivity index (χ1v) is 9.90. The molecular formula is C23H19Cl2NO4. The summed E-state index contributed by atoms with van der Waals surface area (Å²) in [4.78, 5) is 23.9. The van der Waals surface area contributed by atoms with Crippen molar-refractivity contribution in [3.8, 4) is 5.75 Å². The number of hydrogen-bond acceptors (Lipinski definition) is 3. The second-order valence-corrected chi connectivity index (χ2v) is 7.47. The lowest BCUT2D eigenvalue weighted by Crippen LogP contribution is -2.28. The van der Waals surface area contributed by atoms with E-state index < -0.39 is 5.97 Å². The first kappa shape index (κ1) is 21.7. The zero-order valence-corrected chi connectivity index (χ0v) is 17.6. The zero-order valence-electron chi connectivity index (χ0n) is 16.1. The molecule has 0 aromatic heterocycles. The van der Waals surface area contributed by atoms with Gasteiger partial charge in [-0.25, -0.2) is 4.79 Å². The fraction of sp³-hybridized carbons (Fsp3) is 0.130. The molecule has 3 aromatic rings. The molecule has 0 heterocycles. The van der Waals surface area contributed by atoms with Crippen LogP contribution in [0.1, 0.15) is 44.8 Å². The van der Waals surface area contributed by atoms with Gasteiger partial charge in [-0.2, -0.15) is 0 Å². The highest BCUT2D eigenvalue weighted by Crippen LogP contribution is 2.24. The van der Waals surface area contributed by atoms with Crippen LogP contribution < -0.4 is 10.1 Å². The largest absolute Gasteiger partial charge is 0.489 e. The number of halogens is 2. The predicted octanol–water partition coefficient (Wildman–Crippen LogP) is 5.76. The summed E-state index contributed by atoms with van der Waals surface area (Å²) in [5, 5.41) is 13.0. The number of rotatable bonds is 7. The molecular weight excluding hydrogens is 425 g/mol. The molecule has 3 aromatic carbocycles. The second kappa shape index (κ2) is 9.65. The molecule has 0 radical (unpaired) electrons. The van der Waals surface area contributed by atoms with E-state index in [1.54, 1.807) is 54.6 Å². The molecule has 0 saturated heterocycles. The number of carboxylic acids is 1. The maximum atomic E-state index is 12.9. The molecule has 5 nitrogen and oxygen atoms in total. The summed E-state index contributed by atoms with van der Waals surface area (Å²) in [6.07, 6.45) is 0. The standard InChI is InChI=1S/C23H19Cl2NO4/c1-14(15-5-7-16(8-6-15)23(28)29)26-22(27)19-3-2-4-21(25)20(19)13-30-18-11-9-17(24)10-12-18/h2-12,14H,13H2,1H3,(H,26,27)(H,28,29)/t14-/m0/s1. The minimum absolute atomic E-state index is 0.117. The number of benzene rings is 3. The number of hydrogen-bond donors (Lipinski definition) is 2. The highest BCUT2D eigenvalue weighted by molar-refractivity contribution is 6.32. The number of amides is 1. The Morgan fingerprint density at radius 2 is 1.67 bits per heavy atom. The summed E-state index contributed by atoms with van der Waals surface area (Å²) in [5.41, 5.74) is 1.95. The van der Waals surface area contributed by atoms with Crippen molar-refractivity contribution in [2.75, 3.05) is 0 Å². The Morgan fingerprint density at radius 1 is 1.00 bits per heavy atom. The Bertz CT molecular complexity index is 1050. The second-order valence-electron chi connectivity index (χ2n) is 6.63. The van der Waals surface area contributed by atoms with Crippen LogP contribution in [0.3, 0.4) is 0 Å². The van der Waals surface area contributed by atoms with Gasteiger partial charge in [-0.15, -0.1) is 0 Å². The minimum atomic E-state index is -0.998. The molecule has 0 unspecified atom stereocenters. The molecule has 0 saturated carbocycles. The van der Waals surface area contributed by atoms with Crippen molar-refractivity contribution in [2.45, 2.75) is 19.6 Å². The van der Waals surface area contributed by atoms with Gasteiger partial charge in [-0.1, -0.05) is 41.4 Å². The predicted molar refractivity (Wildman–Crippen MR) is 117 cm³/mol. The van der Waals surface area contributed by atoms with Crippen LogP contribution >= 0.6 is 23.2 Å². The van der Waals surface area contributed by atoms with Gasteiger partial charge in [-0.05, 0) is 61.0 Å². The van der Waals surface area contributed by atoms with Crippen LogP contribution in [0.5, 0.6) is 5.75 Å². The summed E-state index contributed by atoms with van der Waals surface area (Å²) in [7, 11) is 0. The van der Waals surface area contributed by atoms with Gasteiger partial charge in [0.2, 0.25) is 0 Å². The van der Waals surface area contributed by atoms with Crippen molar-refractivity contribution in [1.82, 2.24) is 5.32 Å². The number of ether oxygens (including phenoxy) is 1. The molecule has 30 heavy (non-hydrogen) atoms. The quantitative estimate of drug-likeness (QED) is 0.486. The van der Waals surface area contributed by atoms with Crippen LogP contribution in [0.15, 0.2) is 66.7 Å². The van der Waals surface area contributed by atoms with E-state index in [2.05, 4.69) is 5.32 Å². The van der Waals surface area contributed by atoms with Gasteiger partial charge >= 0.3 is 5.97 Å². The number of aromatic carboxylic acids is 1. The first-order valence-electron chi connectivity index (χ1n) is 9.15. The van der Waals surface area contributed by atoms with Gasteiger partial charge < -0.3 is 15.2 Å². The van der Waals surface area contributed by atoms with Gasteiger partial charge in [0, 0.05) is 21.2 Å². The molecule has 0 spiro atoms. The Hall–Kier alpha value is -3.02. The lowest BCUT2D eigenvalue weighted by molar-refractivity contribution is 0.0696. The zero-order chi connectivity index (χ0) is 21.7.